The SMILES string of the molecule is CC1=C(C)c2nc1c(C)c1[nH]c(cc3nc(cc4c(-c5c(-c6ccccc6)cccc5-c5ccccc5)c(-c5c(-c6ccccc6)cccc5-c5ccccc5)c(c2-c2c(-c5ccccc5)cccc2-c2ccccc2)n4-c2c(-c4ccccc4)cccc2-c2ccccc2)C=C3)cc1C.[Ru]. The van der Waals surface area contributed by atoms with Gasteiger partial charge in [-0.1, -0.05) is 315 Å². The van der Waals surface area contributed by atoms with E-state index in [1.807, 2.05) is 0 Å². The molecule has 12 aromatic carbocycles. The minimum atomic E-state index is 0. The maximum atomic E-state index is 6.35. The number of hydrogen-bond donors (Lipinski definition) is 1. The summed E-state index contributed by atoms with van der Waals surface area (Å²) in [4.78, 5) is 16.0. The van der Waals surface area contributed by atoms with Crippen molar-refractivity contribution in [2.24, 2.45) is 0 Å². The summed E-state index contributed by atoms with van der Waals surface area (Å²) in [6, 6.07) is 123. The van der Waals surface area contributed by atoms with Crippen LogP contribution in [0.4, 0.5) is 0 Å². The Kier molecular flexibility index (Phi) is 17.2. The molecule has 15 aromatic rings. The topological polar surface area (TPSA) is 46.5 Å². The molecule has 0 spiro atoms. The van der Waals surface area contributed by atoms with E-state index in [1.165, 1.54) is 0 Å². The number of benzene rings is 12. The monoisotopic (exact) mass is 1380 g/mol. The molecule has 2 aliphatic heterocycles. The van der Waals surface area contributed by atoms with Gasteiger partial charge in [0.05, 0.1) is 39.5 Å². The van der Waals surface area contributed by atoms with Crippen molar-refractivity contribution in [3.8, 4) is 128 Å². The second-order valence-electron chi connectivity index (χ2n) is 26.1. The van der Waals surface area contributed by atoms with Gasteiger partial charge < -0.3 is 9.55 Å². The van der Waals surface area contributed by atoms with Crippen molar-refractivity contribution in [3.63, 3.8) is 0 Å². The van der Waals surface area contributed by atoms with Crippen molar-refractivity contribution >= 4 is 45.4 Å². The fourth-order valence-electron chi connectivity index (χ4n) is 15.4. The average molecular weight is 1380 g/mol. The molecule has 5 heterocycles. The third-order valence-electron chi connectivity index (χ3n) is 20.1. The average Bonchev–Trinajstić information content (AvgIpc) is 1.56. The molecular formula is C96H70N4Ru. The molecule has 0 aliphatic carbocycles. The number of H-pyrrole nitrogens is 1. The summed E-state index contributed by atoms with van der Waals surface area (Å²) in [6.45, 7) is 9.03. The molecule has 0 fully saturated rings. The fourth-order valence-corrected chi connectivity index (χ4v) is 15.4. The zero-order chi connectivity index (χ0) is 67.2. The van der Waals surface area contributed by atoms with E-state index in [1.54, 1.807) is 0 Å². The number of aromatic amines is 1. The number of allylic oxidation sites excluding steroid dienone is 2. The van der Waals surface area contributed by atoms with Crippen LogP contribution in [0.1, 0.15) is 47.8 Å². The summed E-state index contributed by atoms with van der Waals surface area (Å²) in [6.07, 6.45) is 4.37. The molecule has 0 atom stereocenters. The number of hydrogen-bond acceptors (Lipinski definition) is 2. The van der Waals surface area contributed by atoms with Crippen molar-refractivity contribution in [2.75, 3.05) is 0 Å². The Morgan fingerprint density at radius 3 is 0.950 bits per heavy atom. The maximum absolute atomic E-state index is 6.35. The molecule has 101 heavy (non-hydrogen) atoms. The predicted molar refractivity (Wildman–Crippen MR) is 422 cm³/mol. The summed E-state index contributed by atoms with van der Waals surface area (Å²) in [7, 11) is 0. The first-order valence-electron chi connectivity index (χ1n) is 34.5. The van der Waals surface area contributed by atoms with Crippen molar-refractivity contribution in [3.05, 3.63) is 368 Å². The van der Waals surface area contributed by atoms with E-state index in [4.69, 9.17) is 9.97 Å². The maximum Gasteiger partial charge on any atom is 0.0769 e. The van der Waals surface area contributed by atoms with Gasteiger partial charge in [-0.3, -0.25) is 0 Å². The van der Waals surface area contributed by atoms with Gasteiger partial charge in [0, 0.05) is 75.0 Å². The van der Waals surface area contributed by atoms with Gasteiger partial charge in [0.2, 0.25) is 0 Å². The molecule has 2 aliphatic rings. The Morgan fingerprint density at radius 1 is 0.277 bits per heavy atom. The van der Waals surface area contributed by atoms with Gasteiger partial charge in [0.15, 0.2) is 0 Å². The van der Waals surface area contributed by atoms with Crippen LogP contribution in [0.25, 0.3) is 173 Å². The number of nitrogens with zero attached hydrogens (tertiary/aromatic N) is 3. The number of nitrogens with one attached hydrogen (secondary N) is 1. The third-order valence-corrected chi connectivity index (χ3v) is 20.1. The summed E-state index contributed by atoms with van der Waals surface area (Å²) in [5.74, 6) is 0. The molecule has 0 radical (unpaired) electrons. The van der Waals surface area contributed by atoms with Gasteiger partial charge in [-0.25, -0.2) is 9.97 Å². The standard InChI is InChI=1S/C96H70N4.Ru/c1-62-59-76-60-74-57-58-75(97-74)61-85-89(86-77(66-33-13-5-14-34-66)49-29-50-78(86)67-35-15-6-16-36-67)90(87-79(68-37-17-7-18-38-68)51-30-52-80(87)69-39-19-8-20-40-69)96(100(85)95-83(72-45-25-11-26-46-72)55-32-56-84(95)73-47-27-12-28-48-73)91(94-64(3)63(2)93(99-94)65(4)92(62)98-76)88-81(70-41-21-9-22-42-70)53-31-54-82(88)71-43-23-10-24-44-71;/h5-61,98H,1-4H3;. The van der Waals surface area contributed by atoms with Crippen LogP contribution in [0.5, 0.6) is 0 Å². The molecule has 0 unspecified atom stereocenters. The summed E-state index contributed by atoms with van der Waals surface area (Å²) in [5, 5.41) is 0. The minimum absolute atomic E-state index is 0. The summed E-state index contributed by atoms with van der Waals surface area (Å²) >= 11 is 0. The van der Waals surface area contributed by atoms with Crippen molar-refractivity contribution in [2.45, 2.75) is 27.7 Å². The van der Waals surface area contributed by atoms with Gasteiger partial charge in [-0.2, -0.15) is 0 Å². The van der Waals surface area contributed by atoms with E-state index in [0.29, 0.717) is 0 Å². The molecule has 0 saturated carbocycles. The third kappa shape index (κ3) is 11.5. The first kappa shape index (κ1) is 63.6. The first-order valence-corrected chi connectivity index (χ1v) is 34.5. The van der Waals surface area contributed by atoms with Crippen LogP contribution in [-0.4, -0.2) is 19.5 Å². The predicted octanol–water partition coefficient (Wildman–Crippen LogP) is 25.8. The van der Waals surface area contributed by atoms with E-state index in [-0.39, 0.29) is 19.5 Å². The number of para-hydroxylation sites is 1. The van der Waals surface area contributed by atoms with Crippen molar-refractivity contribution in [1.29, 1.82) is 0 Å². The molecule has 17 rings (SSSR count). The molecular weight excluding hydrogens is 1310 g/mol. The first-order chi connectivity index (χ1) is 49.3. The molecule has 0 saturated heterocycles. The Labute approximate surface area is 603 Å². The van der Waals surface area contributed by atoms with Gasteiger partial charge in [0.25, 0.3) is 0 Å². The van der Waals surface area contributed by atoms with Gasteiger partial charge >= 0.3 is 0 Å². The van der Waals surface area contributed by atoms with Gasteiger partial charge in [-0.05, 0) is 158 Å². The molecule has 4 nitrogen and oxygen atoms in total. The van der Waals surface area contributed by atoms with Crippen molar-refractivity contribution < 1.29 is 19.5 Å². The quantitative estimate of drug-likeness (QED) is 0.124. The summed E-state index contributed by atoms with van der Waals surface area (Å²) in [5.41, 5.74) is 36.1. The molecule has 1 N–H and O–H groups in total. The fraction of sp³-hybridized carbons (Fsp3) is 0.0417. The van der Waals surface area contributed by atoms with Crippen LogP contribution < -0.4 is 0 Å². The van der Waals surface area contributed by atoms with Gasteiger partial charge in [-0.15, -0.1) is 0 Å². The van der Waals surface area contributed by atoms with Crippen LogP contribution in [0.3, 0.4) is 0 Å². The number of aryl methyl sites for hydroxylation is 2. The second kappa shape index (κ2) is 27.3. The summed E-state index contributed by atoms with van der Waals surface area (Å²) < 4.78 is 2.69. The van der Waals surface area contributed by atoms with Crippen LogP contribution >= 0.6 is 0 Å². The smallest absolute Gasteiger partial charge is 0.0769 e. The zero-order valence-corrected chi connectivity index (χ0v) is 58.3. The Balaban J connectivity index is 0.00000792. The molecule has 3 aromatic heterocycles. The van der Waals surface area contributed by atoms with E-state index in [2.05, 4.69) is 383 Å². The van der Waals surface area contributed by atoms with E-state index >= 15 is 0 Å². The Hall–Kier alpha value is -12.1. The number of aromatic nitrogens is 4. The molecule has 482 valence electrons. The largest absolute Gasteiger partial charge is 0.355 e. The van der Waals surface area contributed by atoms with Crippen LogP contribution in [0, 0.1) is 13.8 Å². The van der Waals surface area contributed by atoms with E-state index in [0.717, 1.165) is 195 Å². The van der Waals surface area contributed by atoms with E-state index in [9.17, 15) is 0 Å². The second-order valence-corrected chi connectivity index (χ2v) is 26.1. The van der Waals surface area contributed by atoms with E-state index < -0.39 is 0 Å². The Bertz CT molecular complexity index is 5650. The molecule has 8 bridgehead atoms. The Morgan fingerprint density at radius 2 is 0.584 bits per heavy atom. The van der Waals surface area contributed by atoms with Crippen molar-refractivity contribution in [1.82, 2.24) is 19.5 Å². The number of rotatable bonds is 12. The van der Waals surface area contributed by atoms with Crippen LogP contribution in [0.15, 0.2) is 334 Å². The van der Waals surface area contributed by atoms with Crippen LogP contribution in [-0.2, 0) is 19.5 Å². The minimum Gasteiger partial charge on any atom is -0.355 e. The van der Waals surface area contributed by atoms with Crippen LogP contribution in [0.2, 0.25) is 0 Å². The van der Waals surface area contributed by atoms with Gasteiger partial charge in [0.1, 0.15) is 0 Å². The molecule has 5 heteroatoms. The normalized spacial score (nSPS) is 11.8. The zero-order valence-electron chi connectivity index (χ0n) is 56.6. The molecule has 0 amide bonds. The number of fused-ring (bicyclic) bond motifs is 8.